The maximum absolute atomic E-state index is 12.3. The van der Waals surface area contributed by atoms with Gasteiger partial charge in [0, 0.05) is 30.9 Å². The predicted molar refractivity (Wildman–Crippen MR) is 73.5 cm³/mol. The van der Waals surface area contributed by atoms with Crippen molar-refractivity contribution in [3.05, 3.63) is 46.9 Å². The first kappa shape index (κ1) is 12.8. The molecule has 1 aliphatic rings. The highest BCUT2D eigenvalue weighted by atomic mass is 16.3. The Morgan fingerprint density at radius 3 is 2.80 bits per heavy atom. The van der Waals surface area contributed by atoms with Crippen molar-refractivity contribution in [1.82, 2.24) is 14.9 Å². The van der Waals surface area contributed by atoms with Gasteiger partial charge >= 0.3 is 0 Å². The molecule has 0 fully saturated rings. The minimum Gasteiger partial charge on any atom is -0.459 e. The second-order valence-corrected chi connectivity index (χ2v) is 5.05. The van der Waals surface area contributed by atoms with Crippen LogP contribution in [0.3, 0.4) is 0 Å². The van der Waals surface area contributed by atoms with Crippen LogP contribution in [0.15, 0.2) is 22.8 Å². The average Bonchev–Trinajstić information content (AvgIpc) is 2.85. The molecule has 3 rings (SSSR count). The van der Waals surface area contributed by atoms with E-state index in [9.17, 15) is 4.79 Å². The number of nitrogens with zero attached hydrogens (tertiary/aromatic N) is 3. The van der Waals surface area contributed by atoms with Crippen LogP contribution in [0.1, 0.15) is 33.3 Å². The highest BCUT2D eigenvalue weighted by Gasteiger charge is 2.23. The van der Waals surface area contributed by atoms with Gasteiger partial charge in [-0.25, -0.2) is 9.97 Å². The summed E-state index contributed by atoms with van der Waals surface area (Å²) in [6, 6.07) is 3.44. The molecule has 0 radical (unpaired) electrons. The summed E-state index contributed by atoms with van der Waals surface area (Å²) in [5, 5.41) is 0. The molecular weight excluding hydrogens is 254 g/mol. The molecule has 2 aromatic rings. The summed E-state index contributed by atoms with van der Waals surface area (Å²) in [5.41, 5.74) is 3.29. The summed E-state index contributed by atoms with van der Waals surface area (Å²) in [4.78, 5) is 23.1. The van der Waals surface area contributed by atoms with Gasteiger partial charge in [-0.2, -0.15) is 0 Å². The number of amides is 1. The molecule has 0 unspecified atom stereocenters. The number of carbonyl (C=O) groups is 1. The first-order valence-corrected chi connectivity index (χ1v) is 6.81. The summed E-state index contributed by atoms with van der Waals surface area (Å²) >= 11 is 0. The third-order valence-electron chi connectivity index (χ3n) is 3.68. The fourth-order valence-corrected chi connectivity index (χ4v) is 2.70. The van der Waals surface area contributed by atoms with Crippen molar-refractivity contribution in [2.45, 2.75) is 26.7 Å². The molecule has 5 nitrogen and oxygen atoms in total. The number of hydrogen-bond donors (Lipinski definition) is 0. The van der Waals surface area contributed by atoms with Crippen LogP contribution >= 0.6 is 0 Å². The van der Waals surface area contributed by atoms with Crippen molar-refractivity contribution in [3.63, 3.8) is 0 Å². The first-order valence-electron chi connectivity index (χ1n) is 6.81. The van der Waals surface area contributed by atoms with E-state index in [1.165, 1.54) is 11.8 Å². The van der Waals surface area contributed by atoms with E-state index in [2.05, 4.69) is 9.97 Å². The van der Waals surface area contributed by atoms with E-state index in [0.29, 0.717) is 18.8 Å². The van der Waals surface area contributed by atoms with Crippen LogP contribution in [0.25, 0.3) is 0 Å². The van der Waals surface area contributed by atoms with E-state index in [0.717, 1.165) is 30.1 Å². The van der Waals surface area contributed by atoms with Crippen LogP contribution in [0, 0.1) is 13.8 Å². The van der Waals surface area contributed by atoms with Crippen LogP contribution in [-0.2, 0) is 12.8 Å². The normalized spacial score (nSPS) is 14.8. The standard InChI is InChI=1S/C15H17N3O2/c1-10-12-5-7-18(15(19)14-4-3-9-20-14)8-6-13(12)17-11(2)16-10/h3-4,9H,5-8H2,1-2H3. The van der Waals surface area contributed by atoms with Crippen LogP contribution in [-0.4, -0.2) is 33.9 Å². The van der Waals surface area contributed by atoms with Crippen molar-refractivity contribution < 1.29 is 9.21 Å². The van der Waals surface area contributed by atoms with Crippen LogP contribution in [0.5, 0.6) is 0 Å². The maximum Gasteiger partial charge on any atom is 0.289 e. The Labute approximate surface area is 117 Å². The van der Waals surface area contributed by atoms with E-state index in [1.54, 1.807) is 12.1 Å². The monoisotopic (exact) mass is 271 g/mol. The summed E-state index contributed by atoms with van der Waals surface area (Å²) in [5.74, 6) is 1.15. The quantitative estimate of drug-likeness (QED) is 0.795. The second kappa shape index (κ2) is 5.07. The Morgan fingerprint density at radius 2 is 2.05 bits per heavy atom. The Hall–Kier alpha value is -2.17. The minimum atomic E-state index is -0.0508. The van der Waals surface area contributed by atoms with Gasteiger partial charge in [0.25, 0.3) is 5.91 Å². The third kappa shape index (κ3) is 2.31. The molecule has 1 aliphatic heterocycles. The van der Waals surface area contributed by atoms with Crippen molar-refractivity contribution >= 4 is 5.91 Å². The molecule has 0 aromatic carbocycles. The number of rotatable bonds is 1. The number of carbonyl (C=O) groups excluding carboxylic acids is 1. The highest BCUT2D eigenvalue weighted by molar-refractivity contribution is 5.91. The van der Waals surface area contributed by atoms with Gasteiger partial charge in [0.15, 0.2) is 5.76 Å². The number of fused-ring (bicyclic) bond motifs is 1. The number of aromatic nitrogens is 2. The SMILES string of the molecule is Cc1nc(C)c2c(n1)CCN(C(=O)c1ccco1)CC2. The van der Waals surface area contributed by atoms with E-state index < -0.39 is 0 Å². The highest BCUT2D eigenvalue weighted by Crippen LogP contribution is 2.18. The van der Waals surface area contributed by atoms with Crippen LogP contribution in [0.4, 0.5) is 0 Å². The van der Waals surface area contributed by atoms with Crippen molar-refractivity contribution in [2.75, 3.05) is 13.1 Å². The van der Waals surface area contributed by atoms with Gasteiger partial charge < -0.3 is 9.32 Å². The smallest absolute Gasteiger partial charge is 0.289 e. The molecule has 0 spiro atoms. The van der Waals surface area contributed by atoms with Crippen LogP contribution < -0.4 is 0 Å². The Morgan fingerprint density at radius 1 is 1.25 bits per heavy atom. The van der Waals surface area contributed by atoms with E-state index in [1.807, 2.05) is 18.7 Å². The van der Waals surface area contributed by atoms with E-state index in [4.69, 9.17) is 4.42 Å². The van der Waals surface area contributed by atoms with Gasteiger partial charge in [-0.05, 0) is 38.0 Å². The van der Waals surface area contributed by atoms with Gasteiger partial charge in [0.1, 0.15) is 5.82 Å². The van der Waals surface area contributed by atoms with Crippen molar-refractivity contribution in [1.29, 1.82) is 0 Å². The molecule has 0 saturated carbocycles. The predicted octanol–water partition coefficient (Wildman–Crippen LogP) is 1.93. The van der Waals surface area contributed by atoms with Gasteiger partial charge in [-0.15, -0.1) is 0 Å². The van der Waals surface area contributed by atoms with Gasteiger partial charge in [0.2, 0.25) is 0 Å². The van der Waals surface area contributed by atoms with Gasteiger partial charge in [-0.3, -0.25) is 4.79 Å². The topological polar surface area (TPSA) is 59.2 Å². The molecule has 0 atom stereocenters. The Kier molecular flexibility index (Phi) is 3.26. The van der Waals surface area contributed by atoms with E-state index >= 15 is 0 Å². The lowest BCUT2D eigenvalue weighted by atomic mass is 10.1. The molecule has 2 aromatic heterocycles. The molecule has 3 heterocycles. The lowest BCUT2D eigenvalue weighted by Crippen LogP contribution is -2.33. The summed E-state index contributed by atoms with van der Waals surface area (Å²) in [6.07, 6.45) is 3.10. The molecule has 0 N–H and O–H groups in total. The largest absolute Gasteiger partial charge is 0.459 e. The molecule has 0 aliphatic carbocycles. The molecule has 0 bridgehead atoms. The number of aryl methyl sites for hydroxylation is 2. The van der Waals surface area contributed by atoms with Crippen molar-refractivity contribution in [3.8, 4) is 0 Å². The molecule has 0 saturated heterocycles. The number of furan rings is 1. The summed E-state index contributed by atoms with van der Waals surface area (Å²) in [7, 11) is 0. The minimum absolute atomic E-state index is 0.0508. The van der Waals surface area contributed by atoms with E-state index in [-0.39, 0.29) is 5.91 Å². The Bertz CT molecular complexity index is 635. The van der Waals surface area contributed by atoms with Crippen molar-refractivity contribution in [2.24, 2.45) is 0 Å². The lowest BCUT2D eigenvalue weighted by Gasteiger charge is -2.18. The van der Waals surface area contributed by atoms with Gasteiger partial charge in [0.05, 0.1) is 6.26 Å². The Balaban J connectivity index is 1.82. The fraction of sp³-hybridized carbons (Fsp3) is 0.400. The fourth-order valence-electron chi connectivity index (χ4n) is 2.70. The van der Waals surface area contributed by atoms with Crippen LogP contribution in [0.2, 0.25) is 0 Å². The average molecular weight is 271 g/mol. The maximum atomic E-state index is 12.3. The second-order valence-electron chi connectivity index (χ2n) is 5.05. The van der Waals surface area contributed by atoms with Gasteiger partial charge in [-0.1, -0.05) is 0 Å². The molecule has 1 amide bonds. The zero-order valence-corrected chi connectivity index (χ0v) is 11.7. The first-order chi connectivity index (χ1) is 9.65. The molecular formula is C15H17N3O2. The zero-order chi connectivity index (χ0) is 14.1. The zero-order valence-electron chi connectivity index (χ0n) is 11.7. The third-order valence-corrected chi connectivity index (χ3v) is 3.68. The molecule has 104 valence electrons. The summed E-state index contributed by atoms with van der Waals surface area (Å²) < 4.78 is 5.19. The molecule has 5 heteroatoms. The number of hydrogen-bond acceptors (Lipinski definition) is 4. The lowest BCUT2D eigenvalue weighted by molar-refractivity contribution is 0.0731. The summed E-state index contributed by atoms with van der Waals surface area (Å²) in [6.45, 7) is 5.27. The molecule has 20 heavy (non-hydrogen) atoms.